The Morgan fingerprint density at radius 3 is 2.58 bits per heavy atom. The van der Waals surface area contributed by atoms with Crippen molar-refractivity contribution in [3.63, 3.8) is 0 Å². The van der Waals surface area contributed by atoms with Crippen molar-refractivity contribution in [2.45, 2.75) is 19.1 Å². The highest BCUT2D eigenvalue weighted by molar-refractivity contribution is 6.35. The molecule has 1 atom stereocenters. The fraction of sp³-hybridized carbons (Fsp3) is 0.217. The number of aromatic nitrogens is 1. The molecule has 1 aliphatic rings. The highest BCUT2D eigenvalue weighted by Gasteiger charge is 2.24. The summed E-state index contributed by atoms with van der Waals surface area (Å²) in [6.07, 6.45) is 2.51. The molecule has 0 bridgehead atoms. The van der Waals surface area contributed by atoms with Crippen LogP contribution in [-0.4, -0.2) is 34.9 Å². The molecular formula is C23H22Cl2N4O2. The summed E-state index contributed by atoms with van der Waals surface area (Å²) in [6, 6.07) is 14.5. The lowest BCUT2D eigenvalue weighted by atomic mass is 10.0. The fourth-order valence-electron chi connectivity index (χ4n) is 3.48. The molecule has 0 radical (unpaired) electrons. The van der Waals surface area contributed by atoms with E-state index < -0.39 is 0 Å². The number of rotatable bonds is 5. The van der Waals surface area contributed by atoms with Gasteiger partial charge < -0.3 is 21.1 Å². The van der Waals surface area contributed by atoms with Crippen LogP contribution in [0.4, 0.5) is 5.82 Å². The minimum absolute atomic E-state index is 0.00111. The van der Waals surface area contributed by atoms with Gasteiger partial charge in [0.05, 0.1) is 0 Å². The summed E-state index contributed by atoms with van der Waals surface area (Å²) >= 11 is 12.1. The number of likely N-dealkylation sites (tertiary alicyclic amines) is 1. The van der Waals surface area contributed by atoms with E-state index in [0.717, 1.165) is 23.1 Å². The predicted molar refractivity (Wildman–Crippen MR) is 123 cm³/mol. The molecule has 0 saturated carbocycles. The number of nitrogens with zero attached hydrogens (tertiary/aromatic N) is 2. The summed E-state index contributed by atoms with van der Waals surface area (Å²) in [7, 11) is 0. The van der Waals surface area contributed by atoms with Crippen LogP contribution in [0.25, 0.3) is 11.1 Å². The molecule has 0 spiro atoms. The van der Waals surface area contributed by atoms with E-state index in [2.05, 4.69) is 4.98 Å². The summed E-state index contributed by atoms with van der Waals surface area (Å²) in [6.45, 7) is 1.53. The van der Waals surface area contributed by atoms with Gasteiger partial charge >= 0.3 is 0 Å². The number of carbonyl (C=O) groups is 1. The average Bonchev–Trinajstić information content (AvgIpc) is 3.20. The topological polar surface area (TPSA) is 94.5 Å². The van der Waals surface area contributed by atoms with E-state index >= 15 is 0 Å². The van der Waals surface area contributed by atoms with E-state index in [-0.39, 0.29) is 24.4 Å². The van der Waals surface area contributed by atoms with Crippen molar-refractivity contribution < 1.29 is 9.53 Å². The van der Waals surface area contributed by atoms with Crippen LogP contribution in [0.3, 0.4) is 0 Å². The molecule has 1 aromatic heterocycles. The number of nitrogen functional groups attached to an aromatic ring is 1. The maximum absolute atomic E-state index is 12.6. The molecule has 4 rings (SSSR count). The lowest BCUT2D eigenvalue weighted by molar-refractivity contribution is 0.0791. The van der Waals surface area contributed by atoms with Crippen LogP contribution in [0.5, 0.6) is 5.75 Å². The molecule has 1 aliphatic heterocycles. The van der Waals surface area contributed by atoms with Crippen LogP contribution in [0.15, 0.2) is 54.7 Å². The van der Waals surface area contributed by atoms with Crippen LogP contribution in [0, 0.1) is 0 Å². The monoisotopic (exact) mass is 456 g/mol. The lowest BCUT2D eigenvalue weighted by Gasteiger charge is -2.16. The second-order valence-corrected chi connectivity index (χ2v) is 8.35. The molecule has 2 heterocycles. The molecular weight excluding hydrogens is 435 g/mol. The lowest BCUT2D eigenvalue weighted by Crippen LogP contribution is -2.31. The summed E-state index contributed by atoms with van der Waals surface area (Å²) in [4.78, 5) is 18.6. The van der Waals surface area contributed by atoms with E-state index in [4.69, 9.17) is 39.4 Å². The van der Waals surface area contributed by atoms with Crippen molar-refractivity contribution in [1.82, 2.24) is 9.88 Å². The van der Waals surface area contributed by atoms with E-state index in [1.807, 2.05) is 30.3 Å². The zero-order valence-corrected chi connectivity index (χ0v) is 18.2. The number of nitrogens with two attached hydrogens (primary N) is 2. The third-order valence-corrected chi connectivity index (χ3v) is 5.84. The quantitative estimate of drug-likeness (QED) is 0.593. The van der Waals surface area contributed by atoms with Gasteiger partial charge in [-0.1, -0.05) is 41.4 Å². The van der Waals surface area contributed by atoms with Gasteiger partial charge in [-0.2, -0.15) is 0 Å². The van der Waals surface area contributed by atoms with E-state index in [1.165, 1.54) is 0 Å². The number of carbonyl (C=O) groups excluding carboxylic acids is 1. The number of amides is 1. The van der Waals surface area contributed by atoms with Gasteiger partial charge in [0.15, 0.2) is 11.6 Å². The van der Waals surface area contributed by atoms with Gasteiger partial charge in [-0.15, -0.1) is 0 Å². The average molecular weight is 457 g/mol. The number of hydrogen-bond donors (Lipinski definition) is 2. The third-order valence-electron chi connectivity index (χ3n) is 5.26. The van der Waals surface area contributed by atoms with Crippen molar-refractivity contribution >= 4 is 34.9 Å². The normalized spacial score (nSPS) is 15.8. The first-order valence-electron chi connectivity index (χ1n) is 9.88. The first-order valence-corrected chi connectivity index (χ1v) is 10.6. The Morgan fingerprint density at radius 1 is 1.13 bits per heavy atom. The molecule has 3 aromatic rings. The minimum atomic E-state index is -0.00111. The molecule has 6 nitrogen and oxygen atoms in total. The molecule has 1 saturated heterocycles. The van der Waals surface area contributed by atoms with Crippen LogP contribution in [0.2, 0.25) is 10.0 Å². The standard InChI is InChI=1S/C23H22Cl2N4O2/c24-18-6-5-16(20(25)10-18)13-31-21-9-17(11-28-22(21)27)14-1-3-15(4-2-14)23(30)29-8-7-19(26)12-29/h1-6,9-11,19H,7-8,12-13,26H2,(H2,27,28). The molecule has 1 fully saturated rings. The Kier molecular flexibility index (Phi) is 6.32. The first-order chi connectivity index (χ1) is 14.9. The van der Waals surface area contributed by atoms with Crippen LogP contribution in [-0.2, 0) is 6.61 Å². The number of hydrogen-bond acceptors (Lipinski definition) is 5. The molecule has 1 amide bonds. The number of anilines is 1. The molecule has 0 aliphatic carbocycles. The van der Waals surface area contributed by atoms with Crippen molar-refractivity contribution in [1.29, 1.82) is 0 Å². The molecule has 2 aromatic carbocycles. The predicted octanol–water partition coefficient (Wildman–Crippen LogP) is 4.39. The molecule has 31 heavy (non-hydrogen) atoms. The Hall–Kier alpha value is -2.80. The van der Waals surface area contributed by atoms with Crippen molar-refractivity contribution in [3.8, 4) is 16.9 Å². The van der Waals surface area contributed by atoms with Crippen LogP contribution in [0.1, 0.15) is 22.3 Å². The smallest absolute Gasteiger partial charge is 0.253 e. The molecule has 160 valence electrons. The number of halogens is 2. The molecule has 4 N–H and O–H groups in total. The third kappa shape index (κ3) is 4.93. The van der Waals surface area contributed by atoms with Gasteiger partial charge in [0, 0.05) is 52.1 Å². The van der Waals surface area contributed by atoms with E-state index in [0.29, 0.717) is 34.4 Å². The van der Waals surface area contributed by atoms with Gasteiger partial charge in [0.1, 0.15) is 6.61 Å². The zero-order valence-electron chi connectivity index (χ0n) is 16.7. The highest BCUT2D eigenvalue weighted by atomic mass is 35.5. The second kappa shape index (κ2) is 9.14. The largest absolute Gasteiger partial charge is 0.485 e. The Bertz CT molecular complexity index is 1110. The maximum Gasteiger partial charge on any atom is 0.253 e. The Morgan fingerprint density at radius 2 is 1.90 bits per heavy atom. The maximum atomic E-state index is 12.6. The van der Waals surface area contributed by atoms with E-state index in [9.17, 15) is 4.79 Å². The summed E-state index contributed by atoms with van der Waals surface area (Å²) in [5.74, 6) is 0.736. The van der Waals surface area contributed by atoms with Gasteiger partial charge in [-0.3, -0.25) is 4.79 Å². The van der Waals surface area contributed by atoms with Crippen LogP contribution < -0.4 is 16.2 Å². The first kappa shape index (κ1) is 21.4. The highest BCUT2D eigenvalue weighted by Crippen LogP contribution is 2.29. The summed E-state index contributed by atoms with van der Waals surface area (Å²) in [5.41, 5.74) is 15.0. The van der Waals surface area contributed by atoms with Crippen molar-refractivity contribution in [2.75, 3.05) is 18.8 Å². The number of ether oxygens (including phenoxy) is 1. The van der Waals surface area contributed by atoms with Crippen LogP contribution >= 0.6 is 23.2 Å². The molecule has 8 heteroatoms. The van der Waals surface area contributed by atoms with Gasteiger partial charge in [0.25, 0.3) is 5.91 Å². The second-order valence-electron chi connectivity index (χ2n) is 7.51. The van der Waals surface area contributed by atoms with Gasteiger partial charge in [-0.05, 0) is 42.3 Å². The SMILES string of the molecule is Nc1ncc(-c2ccc(C(=O)N3CCC(N)C3)cc2)cc1OCc1ccc(Cl)cc1Cl. The minimum Gasteiger partial charge on any atom is -0.485 e. The van der Waals surface area contributed by atoms with Crippen molar-refractivity contribution in [3.05, 3.63) is 75.9 Å². The van der Waals surface area contributed by atoms with Gasteiger partial charge in [0.2, 0.25) is 0 Å². The van der Waals surface area contributed by atoms with E-state index in [1.54, 1.807) is 29.3 Å². The van der Waals surface area contributed by atoms with Crippen molar-refractivity contribution in [2.24, 2.45) is 5.73 Å². The Labute approximate surface area is 190 Å². The number of benzene rings is 2. The molecule has 1 unspecified atom stereocenters. The summed E-state index contributed by atoms with van der Waals surface area (Å²) in [5, 5.41) is 1.08. The van der Waals surface area contributed by atoms with Gasteiger partial charge in [-0.25, -0.2) is 4.98 Å². The summed E-state index contributed by atoms with van der Waals surface area (Å²) < 4.78 is 5.86. The fourth-order valence-corrected chi connectivity index (χ4v) is 3.95. The Balaban J connectivity index is 1.49. The number of pyridine rings is 1. The zero-order chi connectivity index (χ0) is 22.0.